The van der Waals surface area contributed by atoms with Crippen molar-refractivity contribution < 1.29 is 16.8 Å². The predicted octanol–water partition coefficient (Wildman–Crippen LogP) is 2.27. The van der Waals surface area contributed by atoms with E-state index in [1.54, 1.807) is 26.8 Å². The van der Waals surface area contributed by atoms with Crippen LogP contribution in [0.5, 0.6) is 0 Å². The van der Waals surface area contributed by atoms with E-state index >= 15 is 0 Å². The van der Waals surface area contributed by atoms with Crippen LogP contribution in [-0.4, -0.2) is 57.4 Å². The minimum Gasteiger partial charge on any atom is -0.212 e. The van der Waals surface area contributed by atoms with Crippen molar-refractivity contribution in [3.05, 3.63) is 27.2 Å². The number of hydrogen-bond donors (Lipinski definition) is 0. The largest absolute Gasteiger partial charge is 0.244 e. The van der Waals surface area contributed by atoms with Crippen LogP contribution in [-0.2, 0) is 20.0 Å². The maximum absolute atomic E-state index is 13.0. The smallest absolute Gasteiger partial charge is 0.212 e. The third-order valence-electron chi connectivity index (χ3n) is 4.14. The third-order valence-corrected chi connectivity index (χ3v) is 9.09. The maximum atomic E-state index is 13.0. The summed E-state index contributed by atoms with van der Waals surface area (Å²) in [4.78, 5) is 0.000894. The molecular formula is C14H20Cl2N2O4S2. The first kappa shape index (κ1) is 19.9. The molecule has 0 bridgehead atoms. The van der Waals surface area contributed by atoms with E-state index in [-0.39, 0.29) is 41.8 Å². The molecule has 1 heterocycles. The van der Waals surface area contributed by atoms with Gasteiger partial charge >= 0.3 is 0 Å². The number of rotatable bonds is 4. The van der Waals surface area contributed by atoms with Gasteiger partial charge in [-0.1, -0.05) is 23.2 Å². The van der Waals surface area contributed by atoms with E-state index in [4.69, 9.17) is 23.2 Å². The van der Waals surface area contributed by atoms with Crippen molar-refractivity contribution in [2.45, 2.75) is 25.7 Å². The summed E-state index contributed by atoms with van der Waals surface area (Å²) in [6.07, 6.45) is 0. The fourth-order valence-corrected chi connectivity index (χ4v) is 6.29. The molecule has 0 spiro atoms. The number of nitrogens with zero attached hydrogens (tertiary/aromatic N) is 2. The zero-order valence-electron chi connectivity index (χ0n) is 13.7. The molecule has 24 heavy (non-hydrogen) atoms. The molecule has 1 aromatic rings. The minimum atomic E-state index is -3.85. The fourth-order valence-electron chi connectivity index (χ4n) is 2.62. The van der Waals surface area contributed by atoms with Crippen molar-refractivity contribution in [3.8, 4) is 0 Å². The molecule has 0 atom stereocenters. The van der Waals surface area contributed by atoms with Crippen LogP contribution < -0.4 is 0 Å². The van der Waals surface area contributed by atoms with Crippen molar-refractivity contribution in [3.63, 3.8) is 0 Å². The van der Waals surface area contributed by atoms with Crippen LogP contribution in [0.25, 0.3) is 0 Å². The zero-order chi connectivity index (χ0) is 18.3. The zero-order valence-corrected chi connectivity index (χ0v) is 16.9. The SMILES string of the molecule is CCS(=O)(=O)N1CCN(S(=O)(=O)c2c(C)c(Cl)cc(C)c2Cl)CC1. The molecule has 10 heteroatoms. The van der Waals surface area contributed by atoms with E-state index < -0.39 is 20.0 Å². The van der Waals surface area contributed by atoms with Crippen LogP contribution in [0.2, 0.25) is 10.0 Å². The Kier molecular flexibility index (Phi) is 5.89. The molecule has 1 aliphatic rings. The second-order valence-corrected chi connectivity index (χ2v) is 10.6. The summed E-state index contributed by atoms with van der Waals surface area (Å²) in [5, 5.41) is 0.489. The average Bonchev–Trinajstić information content (AvgIpc) is 2.53. The molecule has 1 saturated heterocycles. The molecule has 0 unspecified atom stereocenters. The Morgan fingerprint density at radius 3 is 2.00 bits per heavy atom. The molecule has 1 fully saturated rings. The summed E-state index contributed by atoms with van der Waals surface area (Å²) in [6.45, 7) is 5.30. The van der Waals surface area contributed by atoms with Crippen LogP contribution >= 0.6 is 23.2 Å². The Morgan fingerprint density at radius 1 is 1.00 bits per heavy atom. The number of piperazine rings is 1. The number of hydrogen-bond acceptors (Lipinski definition) is 4. The van der Waals surface area contributed by atoms with Gasteiger partial charge in [-0.15, -0.1) is 0 Å². The standard InChI is InChI=1S/C14H20Cl2N2O4S2/c1-4-23(19,20)17-5-7-18(8-6-17)24(21,22)14-11(3)12(15)9-10(2)13(14)16/h9H,4-8H2,1-3H3. The van der Waals surface area contributed by atoms with Crippen molar-refractivity contribution in [1.29, 1.82) is 0 Å². The van der Waals surface area contributed by atoms with Crippen LogP contribution in [0.1, 0.15) is 18.1 Å². The van der Waals surface area contributed by atoms with Gasteiger partial charge in [-0.2, -0.15) is 8.61 Å². The van der Waals surface area contributed by atoms with Gasteiger partial charge in [0.2, 0.25) is 20.0 Å². The van der Waals surface area contributed by atoms with Gasteiger partial charge in [-0.3, -0.25) is 0 Å². The molecule has 1 aromatic carbocycles. The number of sulfonamides is 2. The Balaban J connectivity index is 2.35. The van der Waals surface area contributed by atoms with E-state index in [0.717, 1.165) is 0 Å². The summed E-state index contributed by atoms with van der Waals surface area (Å²) in [5.41, 5.74) is 0.980. The van der Waals surface area contributed by atoms with Gasteiger partial charge in [-0.25, -0.2) is 16.8 Å². The van der Waals surface area contributed by atoms with E-state index in [9.17, 15) is 16.8 Å². The normalized spacial score (nSPS) is 18.0. The molecule has 0 amide bonds. The molecule has 2 rings (SSSR count). The van der Waals surface area contributed by atoms with Gasteiger partial charge < -0.3 is 0 Å². The first-order chi connectivity index (χ1) is 11.0. The molecule has 6 nitrogen and oxygen atoms in total. The quantitative estimate of drug-likeness (QED) is 0.756. The lowest BCUT2D eigenvalue weighted by Gasteiger charge is -2.33. The van der Waals surface area contributed by atoms with Crippen molar-refractivity contribution in [1.82, 2.24) is 8.61 Å². The number of benzene rings is 1. The molecule has 1 aliphatic heterocycles. The molecule has 0 aromatic heterocycles. The average molecular weight is 415 g/mol. The summed E-state index contributed by atoms with van der Waals surface area (Å²) < 4.78 is 52.3. The topological polar surface area (TPSA) is 74.8 Å². The van der Waals surface area contributed by atoms with Gasteiger partial charge in [0.15, 0.2) is 0 Å². The highest BCUT2D eigenvalue weighted by Gasteiger charge is 2.35. The predicted molar refractivity (Wildman–Crippen MR) is 95.7 cm³/mol. The van der Waals surface area contributed by atoms with Gasteiger partial charge in [0.1, 0.15) is 4.90 Å². The van der Waals surface area contributed by atoms with E-state index in [1.165, 1.54) is 8.61 Å². The van der Waals surface area contributed by atoms with E-state index in [0.29, 0.717) is 16.1 Å². The van der Waals surface area contributed by atoms with E-state index in [1.807, 2.05) is 0 Å². The molecule has 0 radical (unpaired) electrons. The molecular weight excluding hydrogens is 395 g/mol. The first-order valence-corrected chi connectivity index (χ1v) is 11.3. The Hall–Kier alpha value is -0.380. The summed E-state index contributed by atoms with van der Waals surface area (Å²) >= 11 is 12.3. The fraction of sp³-hybridized carbons (Fsp3) is 0.571. The van der Waals surface area contributed by atoms with Gasteiger partial charge in [0.25, 0.3) is 0 Å². The van der Waals surface area contributed by atoms with Crippen LogP contribution in [0.4, 0.5) is 0 Å². The molecule has 0 N–H and O–H groups in total. The number of aryl methyl sites for hydroxylation is 1. The van der Waals surface area contributed by atoms with E-state index in [2.05, 4.69) is 0 Å². The lowest BCUT2D eigenvalue weighted by atomic mass is 10.2. The minimum absolute atomic E-state index is 0.000894. The van der Waals surface area contributed by atoms with Gasteiger partial charge in [0.05, 0.1) is 10.8 Å². The summed E-state index contributed by atoms with van der Waals surface area (Å²) in [6, 6.07) is 1.63. The molecule has 0 aliphatic carbocycles. The number of halogens is 2. The van der Waals surface area contributed by atoms with Gasteiger partial charge in [-0.05, 0) is 38.0 Å². The molecule has 136 valence electrons. The first-order valence-electron chi connectivity index (χ1n) is 7.45. The van der Waals surface area contributed by atoms with Crippen LogP contribution in [0, 0.1) is 13.8 Å². The highest BCUT2D eigenvalue weighted by atomic mass is 35.5. The lowest BCUT2D eigenvalue weighted by Crippen LogP contribution is -2.50. The molecule has 0 saturated carbocycles. The second kappa shape index (κ2) is 7.09. The Labute approximate surface area is 153 Å². The van der Waals surface area contributed by atoms with Crippen LogP contribution in [0.3, 0.4) is 0 Å². The highest BCUT2D eigenvalue weighted by Crippen LogP contribution is 2.35. The van der Waals surface area contributed by atoms with Crippen LogP contribution in [0.15, 0.2) is 11.0 Å². The van der Waals surface area contributed by atoms with Crippen molar-refractivity contribution in [2.24, 2.45) is 0 Å². The Bertz CT molecular complexity index is 820. The maximum Gasteiger partial charge on any atom is 0.244 e. The summed E-state index contributed by atoms with van der Waals surface area (Å²) in [5.74, 6) is -0.00181. The Morgan fingerprint density at radius 2 is 1.50 bits per heavy atom. The second-order valence-electron chi connectivity index (χ2n) is 5.65. The lowest BCUT2D eigenvalue weighted by molar-refractivity contribution is 0.273. The third kappa shape index (κ3) is 3.59. The van der Waals surface area contributed by atoms with Crippen molar-refractivity contribution in [2.75, 3.05) is 31.9 Å². The van der Waals surface area contributed by atoms with Crippen molar-refractivity contribution >= 4 is 43.2 Å². The monoisotopic (exact) mass is 414 g/mol. The summed E-state index contributed by atoms with van der Waals surface area (Å²) in [7, 11) is -7.17. The van der Waals surface area contributed by atoms with Gasteiger partial charge in [0, 0.05) is 31.2 Å². The highest BCUT2D eigenvalue weighted by molar-refractivity contribution is 7.89.